The third-order valence-corrected chi connectivity index (χ3v) is 4.67. The smallest absolute Gasteiger partial charge is 0.242 e. The predicted octanol–water partition coefficient (Wildman–Crippen LogP) is 2.19. The van der Waals surface area contributed by atoms with Crippen LogP contribution in [-0.4, -0.2) is 69.9 Å². The first kappa shape index (κ1) is 25.6. The van der Waals surface area contributed by atoms with Gasteiger partial charge in [-0.3, -0.25) is 9.79 Å². The second-order valence-corrected chi connectivity index (χ2v) is 6.76. The van der Waals surface area contributed by atoms with E-state index < -0.39 is 0 Å². The second-order valence-electron chi connectivity index (χ2n) is 6.76. The van der Waals surface area contributed by atoms with Crippen molar-refractivity contribution in [3.05, 3.63) is 35.4 Å². The molecule has 0 spiro atoms. The summed E-state index contributed by atoms with van der Waals surface area (Å²) in [7, 11) is 1.69. The van der Waals surface area contributed by atoms with Crippen LogP contribution in [0.2, 0.25) is 0 Å². The first-order valence-electron chi connectivity index (χ1n) is 10.2. The standard InChI is InChI=1S/C21H34N4O3.HI/c1-3-4-12-27-14-15-28-13-10-23-21(22-2)24-16-20(26)25-11-9-18-7-5-6-8-19(18)17-25;/h5-8H,3-4,9-17H2,1-2H3,(H2,22,23,24);1H. The molecular weight excluding hydrogens is 483 g/mol. The van der Waals surface area contributed by atoms with Crippen LogP contribution in [0.1, 0.15) is 30.9 Å². The molecule has 1 heterocycles. The van der Waals surface area contributed by atoms with Crippen molar-refractivity contribution >= 4 is 35.8 Å². The molecule has 0 aromatic heterocycles. The summed E-state index contributed by atoms with van der Waals surface area (Å²) in [6, 6.07) is 8.31. The van der Waals surface area contributed by atoms with Crippen molar-refractivity contribution < 1.29 is 14.3 Å². The maximum absolute atomic E-state index is 12.5. The van der Waals surface area contributed by atoms with Crippen molar-refractivity contribution in [3.63, 3.8) is 0 Å². The fraction of sp³-hybridized carbons (Fsp3) is 0.619. The molecule has 0 unspecified atom stereocenters. The van der Waals surface area contributed by atoms with Gasteiger partial charge in [0.2, 0.25) is 5.91 Å². The van der Waals surface area contributed by atoms with Crippen molar-refractivity contribution in [3.8, 4) is 0 Å². The molecule has 2 N–H and O–H groups in total. The zero-order valence-corrected chi connectivity index (χ0v) is 19.9. The fourth-order valence-electron chi connectivity index (χ4n) is 3.01. The van der Waals surface area contributed by atoms with E-state index in [2.05, 4.69) is 40.7 Å². The topological polar surface area (TPSA) is 75.2 Å². The number of nitrogens with one attached hydrogen (secondary N) is 2. The van der Waals surface area contributed by atoms with Crippen molar-refractivity contribution in [1.82, 2.24) is 15.5 Å². The lowest BCUT2D eigenvalue weighted by Crippen LogP contribution is -2.46. The van der Waals surface area contributed by atoms with Crippen molar-refractivity contribution in [2.24, 2.45) is 4.99 Å². The number of carbonyl (C=O) groups excluding carboxylic acids is 1. The molecule has 1 aromatic carbocycles. The zero-order chi connectivity index (χ0) is 20.0. The number of nitrogens with zero attached hydrogens (tertiary/aromatic N) is 2. The van der Waals surface area contributed by atoms with Gasteiger partial charge in [0, 0.05) is 33.3 Å². The maximum atomic E-state index is 12.5. The van der Waals surface area contributed by atoms with Crippen LogP contribution < -0.4 is 10.6 Å². The van der Waals surface area contributed by atoms with Crippen molar-refractivity contribution in [2.45, 2.75) is 32.7 Å². The highest BCUT2D eigenvalue weighted by atomic mass is 127. The van der Waals surface area contributed by atoms with Gasteiger partial charge in [-0.2, -0.15) is 0 Å². The van der Waals surface area contributed by atoms with Gasteiger partial charge in [0.05, 0.1) is 26.4 Å². The van der Waals surface area contributed by atoms with Gasteiger partial charge < -0.3 is 25.0 Å². The SMILES string of the molecule is CCCCOCCOCCNC(=NC)NCC(=O)N1CCc2ccccc2C1.I. The van der Waals surface area contributed by atoms with E-state index in [-0.39, 0.29) is 36.4 Å². The number of guanidine groups is 1. The van der Waals surface area contributed by atoms with E-state index in [0.29, 0.717) is 38.9 Å². The minimum atomic E-state index is 0. The summed E-state index contributed by atoms with van der Waals surface area (Å²) in [5.41, 5.74) is 2.58. The average Bonchev–Trinajstić information content (AvgIpc) is 2.74. The molecule has 0 atom stereocenters. The summed E-state index contributed by atoms with van der Waals surface area (Å²) in [5, 5.41) is 6.24. The highest BCUT2D eigenvalue weighted by Gasteiger charge is 2.20. The van der Waals surface area contributed by atoms with Crippen LogP contribution in [0.5, 0.6) is 0 Å². The number of fused-ring (bicyclic) bond motifs is 1. The molecule has 0 radical (unpaired) electrons. The van der Waals surface area contributed by atoms with E-state index in [9.17, 15) is 4.79 Å². The van der Waals surface area contributed by atoms with Crippen LogP contribution in [0.3, 0.4) is 0 Å². The maximum Gasteiger partial charge on any atom is 0.242 e. The normalized spacial score (nSPS) is 13.4. The lowest BCUT2D eigenvalue weighted by molar-refractivity contribution is -0.130. The van der Waals surface area contributed by atoms with Gasteiger partial charge in [-0.15, -0.1) is 24.0 Å². The Morgan fingerprint density at radius 1 is 1.10 bits per heavy atom. The van der Waals surface area contributed by atoms with E-state index >= 15 is 0 Å². The van der Waals surface area contributed by atoms with Crippen LogP contribution in [0.15, 0.2) is 29.3 Å². The van der Waals surface area contributed by atoms with Gasteiger partial charge in [0.1, 0.15) is 0 Å². The number of aliphatic imine (C=N–C) groups is 1. The number of amides is 1. The molecule has 2 rings (SSSR count). The molecule has 8 heteroatoms. The largest absolute Gasteiger partial charge is 0.379 e. The van der Waals surface area contributed by atoms with Crippen LogP contribution in [0.4, 0.5) is 0 Å². The summed E-state index contributed by atoms with van der Waals surface area (Å²) < 4.78 is 11.0. The van der Waals surface area contributed by atoms with Crippen molar-refractivity contribution in [1.29, 1.82) is 0 Å². The van der Waals surface area contributed by atoms with Gasteiger partial charge in [0.15, 0.2) is 5.96 Å². The molecule has 1 aliphatic heterocycles. The molecule has 0 aliphatic carbocycles. The number of hydrogen-bond acceptors (Lipinski definition) is 4. The number of rotatable bonds is 11. The summed E-state index contributed by atoms with van der Waals surface area (Å²) in [5.74, 6) is 0.687. The molecule has 1 aromatic rings. The first-order chi connectivity index (χ1) is 13.7. The fourth-order valence-corrected chi connectivity index (χ4v) is 3.01. The lowest BCUT2D eigenvalue weighted by atomic mass is 10.00. The first-order valence-corrected chi connectivity index (χ1v) is 10.2. The number of hydrogen-bond donors (Lipinski definition) is 2. The van der Waals surface area contributed by atoms with Crippen LogP contribution in [-0.2, 0) is 27.2 Å². The Hall–Kier alpha value is -1.39. The van der Waals surface area contributed by atoms with E-state index in [1.807, 2.05) is 11.0 Å². The molecule has 1 aliphatic rings. The monoisotopic (exact) mass is 518 g/mol. The number of ether oxygens (including phenoxy) is 2. The Morgan fingerprint density at radius 2 is 1.83 bits per heavy atom. The highest BCUT2D eigenvalue weighted by Crippen LogP contribution is 2.18. The number of unbranched alkanes of at least 4 members (excludes halogenated alkanes) is 1. The lowest BCUT2D eigenvalue weighted by Gasteiger charge is -2.29. The predicted molar refractivity (Wildman–Crippen MR) is 127 cm³/mol. The number of halogens is 1. The van der Waals surface area contributed by atoms with E-state index in [4.69, 9.17) is 9.47 Å². The van der Waals surface area contributed by atoms with Crippen molar-refractivity contribution in [2.75, 3.05) is 53.1 Å². The van der Waals surface area contributed by atoms with E-state index in [0.717, 1.165) is 32.4 Å². The third-order valence-electron chi connectivity index (χ3n) is 4.67. The average molecular weight is 518 g/mol. The summed E-state index contributed by atoms with van der Waals surface area (Å²) in [6.07, 6.45) is 3.14. The highest BCUT2D eigenvalue weighted by molar-refractivity contribution is 14.0. The minimum absolute atomic E-state index is 0. The molecule has 7 nitrogen and oxygen atoms in total. The Bertz CT molecular complexity index is 628. The molecule has 0 saturated carbocycles. The van der Waals surface area contributed by atoms with E-state index in [1.165, 1.54) is 11.1 Å². The van der Waals surface area contributed by atoms with Gasteiger partial charge in [0.25, 0.3) is 0 Å². The minimum Gasteiger partial charge on any atom is -0.379 e. The summed E-state index contributed by atoms with van der Waals surface area (Å²) >= 11 is 0. The third kappa shape index (κ3) is 9.77. The number of carbonyl (C=O) groups is 1. The Labute approximate surface area is 191 Å². The van der Waals surface area contributed by atoms with Gasteiger partial charge in [-0.25, -0.2) is 0 Å². The molecule has 29 heavy (non-hydrogen) atoms. The second kappa shape index (κ2) is 15.4. The van der Waals surface area contributed by atoms with Crippen LogP contribution >= 0.6 is 24.0 Å². The van der Waals surface area contributed by atoms with Gasteiger partial charge >= 0.3 is 0 Å². The number of benzene rings is 1. The molecule has 0 fully saturated rings. The van der Waals surface area contributed by atoms with E-state index in [1.54, 1.807) is 7.05 Å². The molecule has 0 saturated heterocycles. The van der Waals surface area contributed by atoms with Gasteiger partial charge in [-0.05, 0) is 24.0 Å². The molecule has 164 valence electrons. The summed E-state index contributed by atoms with van der Waals surface area (Å²) in [4.78, 5) is 18.5. The quantitative estimate of drug-likeness (QED) is 0.203. The Morgan fingerprint density at radius 3 is 2.55 bits per heavy atom. The molecular formula is C21H35IN4O3. The molecule has 1 amide bonds. The molecule has 0 bridgehead atoms. The zero-order valence-electron chi connectivity index (χ0n) is 17.6. The van der Waals surface area contributed by atoms with Crippen LogP contribution in [0.25, 0.3) is 0 Å². The Kier molecular flexibility index (Phi) is 13.7. The Balaban J connectivity index is 0.00000420. The van der Waals surface area contributed by atoms with Gasteiger partial charge in [-0.1, -0.05) is 37.6 Å². The summed E-state index contributed by atoms with van der Waals surface area (Å²) in [6.45, 7) is 7.01. The van der Waals surface area contributed by atoms with Crippen LogP contribution in [0, 0.1) is 0 Å².